The summed E-state index contributed by atoms with van der Waals surface area (Å²) in [6.45, 7) is 2.38. The Kier molecular flexibility index (Phi) is 5.18. The fraction of sp³-hybridized carbons (Fsp3) is 0.600. The van der Waals surface area contributed by atoms with Crippen LogP contribution in [0.15, 0.2) is 29.2 Å². The third kappa shape index (κ3) is 4.30. The maximum atomic E-state index is 12.1. The molecule has 1 aliphatic rings. The minimum absolute atomic E-state index is 0.288. The molecule has 1 saturated carbocycles. The van der Waals surface area contributed by atoms with E-state index in [0.717, 1.165) is 31.2 Å². The van der Waals surface area contributed by atoms with Gasteiger partial charge in [-0.1, -0.05) is 25.5 Å². The molecule has 1 atom stereocenters. The standard InChI is InChI=1S/C15H23NO3S/c1-2-3-12-4-8-14(9-5-12)20(18,19)16-11-10-15(17)13-6-7-13/h4-5,8-9,13,15-17H,2-3,6-7,10-11H2,1H3/t15-/m1/s1. The van der Waals surface area contributed by atoms with Gasteiger partial charge in [-0.2, -0.15) is 0 Å². The molecule has 0 amide bonds. The predicted octanol–water partition coefficient (Wildman–Crippen LogP) is 2.08. The van der Waals surface area contributed by atoms with Crippen LogP contribution < -0.4 is 4.72 Å². The summed E-state index contributed by atoms with van der Waals surface area (Å²) < 4.78 is 26.7. The number of aliphatic hydroxyl groups excluding tert-OH is 1. The second kappa shape index (κ2) is 6.70. The number of hydrogen-bond acceptors (Lipinski definition) is 3. The van der Waals surface area contributed by atoms with E-state index in [1.165, 1.54) is 0 Å². The zero-order valence-electron chi connectivity index (χ0n) is 11.9. The minimum Gasteiger partial charge on any atom is -0.393 e. The Labute approximate surface area is 121 Å². The van der Waals surface area contributed by atoms with E-state index < -0.39 is 10.0 Å². The van der Waals surface area contributed by atoms with Gasteiger partial charge >= 0.3 is 0 Å². The Morgan fingerprint density at radius 3 is 2.50 bits per heavy atom. The van der Waals surface area contributed by atoms with Gasteiger partial charge in [0.1, 0.15) is 0 Å². The zero-order chi connectivity index (χ0) is 14.6. The molecular weight excluding hydrogens is 274 g/mol. The van der Waals surface area contributed by atoms with Crippen molar-refractivity contribution in [3.8, 4) is 0 Å². The average Bonchev–Trinajstić information content (AvgIpc) is 3.24. The van der Waals surface area contributed by atoms with Crippen LogP contribution in [0.4, 0.5) is 0 Å². The van der Waals surface area contributed by atoms with Gasteiger partial charge < -0.3 is 5.11 Å². The number of hydrogen-bond donors (Lipinski definition) is 2. The van der Waals surface area contributed by atoms with Gasteiger partial charge in [0.25, 0.3) is 0 Å². The van der Waals surface area contributed by atoms with Crippen molar-refractivity contribution in [3.63, 3.8) is 0 Å². The lowest BCUT2D eigenvalue weighted by atomic mass is 10.1. The van der Waals surface area contributed by atoms with Crippen LogP contribution in [0.5, 0.6) is 0 Å². The second-order valence-electron chi connectivity index (χ2n) is 5.49. The van der Waals surface area contributed by atoms with Gasteiger partial charge in [-0.3, -0.25) is 0 Å². The summed E-state index contributed by atoms with van der Waals surface area (Å²) >= 11 is 0. The molecule has 2 N–H and O–H groups in total. The number of sulfonamides is 1. The monoisotopic (exact) mass is 297 g/mol. The van der Waals surface area contributed by atoms with Crippen molar-refractivity contribution >= 4 is 10.0 Å². The van der Waals surface area contributed by atoms with Crippen molar-refractivity contribution < 1.29 is 13.5 Å². The van der Waals surface area contributed by atoms with Gasteiger partial charge in [0, 0.05) is 6.54 Å². The normalized spacial score (nSPS) is 17.1. The number of benzene rings is 1. The van der Waals surface area contributed by atoms with Crippen molar-refractivity contribution in [2.75, 3.05) is 6.54 Å². The second-order valence-corrected chi connectivity index (χ2v) is 7.25. The molecule has 1 aromatic rings. The van der Waals surface area contributed by atoms with Gasteiger partial charge in [-0.15, -0.1) is 0 Å². The Morgan fingerprint density at radius 1 is 1.30 bits per heavy atom. The summed E-state index contributed by atoms with van der Waals surface area (Å²) in [5, 5.41) is 9.72. The van der Waals surface area contributed by atoms with Crippen molar-refractivity contribution in [2.45, 2.75) is 50.0 Å². The molecule has 1 fully saturated rings. The van der Waals surface area contributed by atoms with Crippen LogP contribution in [0.2, 0.25) is 0 Å². The van der Waals surface area contributed by atoms with E-state index in [1.54, 1.807) is 12.1 Å². The van der Waals surface area contributed by atoms with Crippen LogP contribution >= 0.6 is 0 Å². The van der Waals surface area contributed by atoms with Crippen molar-refractivity contribution in [1.82, 2.24) is 4.72 Å². The summed E-state index contributed by atoms with van der Waals surface area (Å²) in [5.41, 5.74) is 1.15. The van der Waals surface area contributed by atoms with Crippen molar-refractivity contribution in [2.24, 2.45) is 5.92 Å². The topological polar surface area (TPSA) is 66.4 Å². The molecule has 0 bridgehead atoms. The molecule has 0 unspecified atom stereocenters. The highest BCUT2D eigenvalue weighted by Gasteiger charge is 2.29. The van der Waals surface area contributed by atoms with Gasteiger partial charge in [0.15, 0.2) is 0 Å². The van der Waals surface area contributed by atoms with Gasteiger partial charge in [-0.05, 0) is 49.3 Å². The highest BCUT2D eigenvalue weighted by atomic mass is 32.2. The first-order valence-corrected chi connectivity index (χ1v) is 8.78. The number of rotatable bonds is 8. The van der Waals surface area contributed by atoms with E-state index in [1.807, 2.05) is 12.1 Å². The molecule has 0 aliphatic heterocycles. The third-order valence-electron chi connectivity index (χ3n) is 3.67. The molecule has 4 nitrogen and oxygen atoms in total. The van der Waals surface area contributed by atoms with Crippen molar-refractivity contribution in [1.29, 1.82) is 0 Å². The molecule has 2 rings (SSSR count). The van der Waals surface area contributed by atoms with E-state index in [2.05, 4.69) is 11.6 Å². The van der Waals surface area contributed by atoms with Crippen LogP contribution in [-0.4, -0.2) is 26.2 Å². The lowest BCUT2D eigenvalue weighted by Crippen LogP contribution is -2.27. The fourth-order valence-corrected chi connectivity index (χ4v) is 3.31. The molecule has 0 radical (unpaired) electrons. The Hall–Kier alpha value is -0.910. The lowest BCUT2D eigenvalue weighted by molar-refractivity contribution is 0.143. The largest absolute Gasteiger partial charge is 0.393 e. The maximum Gasteiger partial charge on any atom is 0.240 e. The molecule has 0 saturated heterocycles. The SMILES string of the molecule is CCCc1ccc(S(=O)(=O)NCC[C@@H](O)C2CC2)cc1. The van der Waals surface area contributed by atoms with E-state index in [4.69, 9.17) is 0 Å². The van der Waals surface area contributed by atoms with Gasteiger partial charge in [0.05, 0.1) is 11.0 Å². The van der Waals surface area contributed by atoms with Crippen LogP contribution in [0.1, 0.15) is 38.2 Å². The van der Waals surface area contributed by atoms with Gasteiger partial charge in [0.2, 0.25) is 10.0 Å². The van der Waals surface area contributed by atoms with Crippen LogP contribution in [0, 0.1) is 5.92 Å². The summed E-state index contributed by atoms with van der Waals surface area (Å²) in [6.07, 6.45) is 4.24. The molecule has 0 heterocycles. The van der Waals surface area contributed by atoms with E-state index in [9.17, 15) is 13.5 Å². The van der Waals surface area contributed by atoms with E-state index in [-0.39, 0.29) is 12.6 Å². The average molecular weight is 297 g/mol. The smallest absolute Gasteiger partial charge is 0.240 e. The molecule has 0 spiro atoms. The first-order chi connectivity index (χ1) is 9.53. The van der Waals surface area contributed by atoms with Crippen molar-refractivity contribution in [3.05, 3.63) is 29.8 Å². The summed E-state index contributed by atoms with van der Waals surface area (Å²) in [5.74, 6) is 0.382. The predicted molar refractivity (Wildman–Crippen MR) is 79.0 cm³/mol. The third-order valence-corrected chi connectivity index (χ3v) is 5.15. The number of nitrogens with one attached hydrogen (secondary N) is 1. The Morgan fingerprint density at radius 2 is 1.95 bits per heavy atom. The molecule has 20 heavy (non-hydrogen) atoms. The van der Waals surface area contributed by atoms with E-state index in [0.29, 0.717) is 17.2 Å². The minimum atomic E-state index is -3.45. The highest BCUT2D eigenvalue weighted by Crippen LogP contribution is 2.33. The summed E-state index contributed by atoms with van der Waals surface area (Å²) in [6, 6.07) is 7.00. The summed E-state index contributed by atoms with van der Waals surface area (Å²) in [4.78, 5) is 0.290. The molecular formula is C15H23NO3S. The fourth-order valence-electron chi connectivity index (χ4n) is 2.27. The molecule has 5 heteroatoms. The molecule has 1 aliphatic carbocycles. The first kappa shape index (κ1) is 15.5. The summed E-state index contributed by atoms with van der Waals surface area (Å²) in [7, 11) is -3.45. The Bertz CT molecular complexity index is 521. The Balaban J connectivity index is 1.88. The maximum absolute atomic E-state index is 12.1. The van der Waals surface area contributed by atoms with Gasteiger partial charge in [-0.25, -0.2) is 13.1 Å². The molecule has 1 aromatic carbocycles. The lowest BCUT2D eigenvalue weighted by Gasteiger charge is -2.11. The van der Waals surface area contributed by atoms with Crippen LogP contribution in [-0.2, 0) is 16.4 Å². The van der Waals surface area contributed by atoms with E-state index >= 15 is 0 Å². The number of aryl methyl sites for hydroxylation is 1. The zero-order valence-corrected chi connectivity index (χ0v) is 12.7. The quantitative estimate of drug-likeness (QED) is 0.772. The number of aliphatic hydroxyl groups is 1. The highest BCUT2D eigenvalue weighted by molar-refractivity contribution is 7.89. The van der Waals surface area contributed by atoms with Crippen LogP contribution in [0.3, 0.4) is 0 Å². The van der Waals surface area contributed by atoms with Crippen LogP contribution in [0.25, 0.3) is 0 Å². The molecule has 112 valence electrons. The molecule has 0 aromatic heterocycles. The first-order valence-electron chi connectivity index (χ1n) is 7.29.